The number of carbonyl (C=O) groups excluding carboxylic acids is 1. The Balaban J connectivity index is 1.97. The van der Waals surface area contributed by atoms with Crippen LogP contribution in [0.1, 0.15) is 11.3 Å². The van der Waals surface area contributed by atoms with E-state index in [-0.39, 0.29) is 0 Å². The first kappa shape index (κ1) is 14.0. The molecule has 5 nitrogen and oxygen atoms in total. The van der Waals surface area contributed by atoms with Gasteiger partial charge in [0.2, 0.25) is 0 Å². The Labute approximate surface area is 127 Å². The minimum absolute atomic E-state index is 0.419. The predicted molar refractivity (Wildman–Crippen MR) is 80.3 cm³/mol. The average Bonchev–Trinajstić information content (AvgIpc) is 3.17. The zero-order valence-corrected chi connectivity index (χ0v) is 12.2. The molecule has 0 unspecified atom stereocenters. The number of cyclic esters (lactones) is 1. The van der Waals surface area contributed by atoms with Crippen molar-refractivity contribution in [1.82, 2.24) is 0 Å². The molecule has 2 aromatic rings. The smallest absolute Gasteiger partial charge is 0.343 e. The maximum absolute atomic E-state index is 12.0. The maximum Gasteiger partial charge on any atom is 0.343 e. The van der Waals surface area contributed by atoms with Crippen LogP contribution >= 0.6 is 0 Å². The highest BCUT2D eigenvalue weighted by Crippen LogP contribution is 2.35. The van der Waals surface area contributed by atoms with Crippen molar-refractivity contribution in [2.24, 2.45) is 0 Å². The highest BCUT2D eigenvalue weighted by molar-refractivity contribution is 6.05. The molecule has 1 aliphatic heterocycles. The molecular weight excluding hydrogens is 284 g/mol. The van der Waals surface area contributed by atoms with Crippen LogP contribution in [0.25, 0.3) is 11.8 Å². The van der Waals surface area contributed by atoms with Gasteiger partial charge >= 0.3 is 5.97 Å². The molecule has 0 spiro atoms. The number of benzene rings is 1. The van der Waals surface area contributed by atoms with Gasteiger partial charge in [-0.3, -0.25) is 0 Å². The van der Waals surface area contributed by atoms with Crippen molar-refractivity contribution in [2.75, 3.05) is 14.2 Å². The monoisotopic (exact) mass is 298 g/mol. The molecule has 2 heterocycles. The van der Waals surface area contributed by atoms with E-state index in [4.69, 9.17) is 18.6 Å². The Morgan fingerprint density at radius 3 is 2.68 bits per heavy atom. The Bertz CT molecular complexity index is 753. The van der Waals surface area contributed by atoms with Crippen LogP contribution in [0.4, 0.5) is 0 Å². The molecule has 0 saturated heterocycles. The molecule has 0 amide bonds. The lowest BCUT2D eigenvalue weighted by Crippen LogP contribution is -1.98. The van der Waals surface area contributed by atoms with Crippen molar-refractivity contribution < 1.29 is 23.4 Å². The van der Waals surface area contributed by atoms with Gasteiger partial charge in [-0.05, 0) is 36.4 Å². The molecule has 0 bridgehead atoms. The van der Waals surface area contributed by atoms with Crippen molar-refractivity contribution >= 4 is 17.8 Å². The van der Waals surface area contributed by atoms with E-state index in [0.717, 1.165) is 0 Å². The SMILES string of the molecule is COc1ccc(C2=C/C(=C\c3ccco3)C(=O)O2)c(OC)c1. The van der Waals surface area contributed by atoms with Gasteiger partial charge in [-0.1, -0.05) is 0 Å². The third kappa shape index (κ3) is 2.61. The summed E-state index contributed by atoms with van der Waals surface area (Å²) >= 11 is 0. The van der Waals surface area contributed by atoms with Crippen LogP contribution in [-0.4, -0.2) is 20.2 Å². The Kier molecular flexibility index (Phi) is 3.70. The second-order valence-electron chi connectivity index (χ2n) is 4.58. The number of carbonyl (C=O) groups is 1. The standard InChI is InChI=1S/C17H14O5/c1-19-12-5-6-14(15(10-12)20-2)16-9-11(17(18)22-16)8-13-4-3-7-21-13/h3-10H,1-2H3/b11-8+. The number of hydrogen-bond donors (Lipinski definition) is 0. The maximum atomic E-state index is 12.0. The van der Waals surface area contributed by atoms with Gasteiger partial charge < -0.3 is 18.6 Å². The third-order valence-electron chi connectivity index (χ3n) is 3.24. The molecule has 22 heavy (non-hydrogen) atoms. The quantitative estimate of drug-likeness (QED) is 0.640. The summed E-state index contributed by atoms with van der Waals surface area (Å²) in [4.78, 5) is 12.0. The molecule has 0 atom stereocenters. The van der Waals surface area contributed by atoms with Gasteiger partial charge in [0.15, 0.2) is 0 Å². The molecule has 5 heteroatoms. The van der Waals surface area contributed by atoms with E-state index in [1.807, 2.05) is 0 Å². The van der Waals surface area contributed by atoms with Gasteiger partial charge in [0.1, 0.15) is 23.0 Å². The van der Waals surface area contributed by atoms with Gasteiger partial charge in [-0.25, -0.2) is 4.79 Å². The van der Waals surface area contributed by atoms with E-state index in [1.165, 1.54) is 0 Å². The fourth-order valence-electron chi connectivity index (χ4n) is 2.15. The molecule has 0 saturated carbocycles. The van der Waals surface area contributed by atoms with Gasteiger partial charge in [0.25, 0.3) is 0 Å². The number of methoxy groups -OCH3 is 2. The first-order valence-electron chi connectivity index (χ1n) is 6.63. The minimum Gasteiger partial charge on any atom is -0.497 e. The van der Waals surface area contributed by atoms with E-state index < -0.39 is 5.97 Å². The molecule has 112 valence electrons. The van der Waals surface area contributed by atoms with Crippen LogP contribution < -0.4 is 9.47 Å². The number of rotatable bonds is 4. The Morgan fingerprint density at radius 1 is 1.14 bits per heavy atom. The van der Waals surface area contributed by atoms with Crippen LogP contribution in [0.2, 0.25) is 0 Å². The second kappa shape index (κ2) is 5.81. The lowest BCUT2D eigenvalue weighted by Gasteiger charge is -2.10. The number of hydrogen-bond acceptors (Lipinski definition) is 5. The van der Waals surface area contributed by atoms with Gasteiger partial charge in [0, 0.05) is 6.07 Å². The van der Waals surface area contributed by atoms with E-state index in [2.05, 4.69) is 0 Å². The van der Waals surface area contributed by atoms with Crippen molar-refractivity contribution in [1.29, 1.82) is 0 Å². The van der Waals surface area contributed by atoms with Crippen LogP contribution in [0.5, 0.6) is 11.5 Å². The third-order valence-corrected chi connectivity index (χ3v) is 3.24. The molecular formula is C17H14O5. The topological polar surface area (TPSA) is 57.9 Å². The van der Waals surface area contributed by atoms with E-state index in [1.54, 1.807) is 63.0 Å². The first-order chi connectivity index (χ1) is 10.7. The summed E-state index contributed by atoms with van der Waals surface area (Å²) in [5.74, 6) is 1.83. The van der Waals surface area contributed by atoms with E-state index in [0.29, 0.717) is 34.2 Å². The largest absolute Gasteiger partial charge is 0.497 e. The normalized spacial score (nSPS) is 15.6. The zero-order chi connectivity index (χ0) is 15.5. The number of ether oxygens (including phenoxy) is 3. The highest BCUT2D eigenvalue weighted by Gasteiger charge is 2.24. The summed E-state index contributed by atoms with van der Waals surface area (Å²) in [6, 6.07) is 8.81. The summed E-state index contributed by atoms with van der Waals surface area (Å²) in [7, 11) is 3.13. The van der Waals surface area contributed by atoms with Crippen LogP contribution in [0.15, 0.2) is 52.7 Å². The van der Waals surface area contributed by atoms with Crippen molar-refractivity contribution in [3.05, 3.63) is 59.6 Å². The highest BCUT2D eigenvalue weighted by atomic mass is 16.5. The molecule has 0 aliphatic carbocycles. The molecule has 0 radical (unpaired) electrons. The summed E-state index contributed by atoms with van der Waals surface area (Å²) in [5.41, 5.74) is 1.10. The van der Waals surface area contributed by atoms with E-state index in [9.17, 15) is 4.79 Å². The summed E-state index contributed by atoms with van der Waals surface area (Å²) in [5, 5.41) is 0. The average molecular weight is 298 g/mol. The Morgan fingerprint density at radius 2 is 2.00 bits per heavy atom. The van der Waals surface area contributed by atoms with Gasteiger partial charge in [-0.15, -0.1) is 0 Å². The number of esters is 1. The lowest BCUT2D eigenvalue weighted by molar-refractivity contribution is -0.130. The van der Waals surface area contributed by atoms with Crippen LogP contribution in [0.3, 0.4) is 0 Å². The van der Waals surface area contributed by atoms with Crippen molar-refractivity contribution in [2.45, 2.75) is 0 Å². The fourth-order valence-corrected chi connectivity index (χ4v) is 2.15. The molecule has 1 aromatic heterocycles. The molecule has 1 aromatic carbocycles. The second-order valence-corrected chi connectivity index (χ2v) is 4.58. The summed E-state index contributed by atoms with van der Waals surface area (Å²) in [6.45, 7) is 0. The molecule has 0 fully saturated rings. The zero-order valence-electron chi connectivity index (χ0n) is 12.2. The summed E-state index contributed by atoms with van der Waals surface area (Å²) < 4.78 is 21.0. The molecule has 3 rings (SSSR count). The van der Waals surface area contributed by atoms with Crippen molar-refractivity contribution in [3.63, 3.8) is 0 Å². The minimum atomic E-state index is -0.427. The summed E-state index contributed by atoms with van der Waals surface area (Å²) in [6.07, 6.45) is 4.84. The fraction of sp³-hybridized carbons (Fsp3) is 0.118. The van der Waals surface area contributed by atoms with Crippen LogP contribution in [0, 0.1) is 0 Å². The Hall–Kier alpha value is -2.95. The molecule has 0 N–H and O–H groups in total. The van der Waals surface area contributed by atoms with Gasteiger partial charge in [-0.2, -0.15) is 0 Å². The molecule has 1 aliphatic rings. The van der Waals surface area contributed by atoms with Crippen molar-refractivity contribution in [3.8, 4) is 11.5 Å². The predicted octanol–water partition coefficient (Wildman–Crippen LogP) is 3.28. The first-order valence-corrected chi connectivity index (χ1v) is 6.63. The van der Waals surface area contributed by atoms with E-state index >= 15 is 0 Å². The lowest BCUT2D eigenvalue weighted by atomic mass is 10.1. The van der Waals surface area contributed by atoms with Crippen LogP contribution in [-0.2, 0) is 9.53 Å². The number of furan rings is 1. The van der Waals surface area contributed by atoms with Gasteiger partial charge in [0.05, 0.1) is 31.6 Å².